The number of allylic oxidation sites excluding steroid dienone is 1. The first-order valence-electron chi connectivity index (χ1n) is 7.73. The van der Waals surface area contributed by atoms with Crippen molar-refractivity contribution in [2.75, 3.05) is 6.61 Å². The molecule has 11 nitrogen and oxygen atoms in total. The number of esters is 1. The molecule has 26 heavy (non-hydrogen) atoms. The van der Waals surface area contributed by atoms with Crippen molar-refractivity contribution in [2.45, 2.75) is 43.5 Å². The second-order valence-corrected chi connectivity index (χ2v) is 5.84. The molecule has 0 spiro atoms. The number of aliphatic hydroxyl groups excluding tert-OH is 3. The lowest BCUT2D eigenvalue weighted by Gasteiger charge is -2.28. The fourth-order valence-electron chi connectivity index (χ4n) is 2.52. The first-order valence-corrected chi connectivity index (χ1v) is 7.73. The van der Waals surface area contributed by atoms with Gasteiger partial charge in [0.2, 0.25) is 5.91 Å². The number of hydrogen-bond donors (Lipinski definition) is 5. The zero-order valence-electron chi connectivity index (χ0n) is 13.6. The summed E-state index contributed by atoms with van der Waals surface area (Å²) in [5.74, 6) is -3.20. The van der Waals surface area contributed by atoms with Crippen LogP contribution in [0.1, 0.15) is 12.8 Å². The summed E-state index contributed by atoms with van der Waals surface area (Å²) in [4.78, 5) is 34.6. The monoisotopic (exact) mass is 372 g/mol. The second kappa shape index (κ2) is 8.27. The molecule has 11 heteroatoms. The third kappa shape index (κ3) is 4.58. The second-order valence-electron chi connectivity index (χ2n) is 5.84. The number of carboxylic acids is 1. The number of hydrogen-bond acceptors (Lipinski definition) is 9. The van der Waals surface area contributed by atoms with Crippen molar-refractivity contribution < 1.29 is 44.3 Å². The van der Waals surface area contributed by atoms with Gasteiger partial charge in [-0.15, -0.1) is 0 Å². The number of aliphatic carboxylic acids is 1. The SMILES string of the molecule is NC(=O)C1=CN([C@@H]2O[C@H](COC(=O)[C@@H](O)CC(=O)O)[C@@H](O)[C@H]2O)C=CC1. The molecule has 0 bridgehead atoms. The van der Waals surface area contributed by atoms with E-state index in [0.717, 1.165) is 0 Å². The fraction of sp³-hybridized carbons (Fsp3) is 0.533. The van der Waals surface area contributed by atoms with Gasteiger partial charge in [-0.2, -0.15) is 0 Å². The van der Waals surface area contributed by atoms with Crippen LogP contribution in [-0.4, -0.2) is 80.4 Å². The highest BCUT2D eigenvalue weighted by Gasteiger charge is 2.45. The number of nitrogens with two attached hydrogens (primary N) is 1. The maximum absolute atomic E-state index is 11.5. The van der Waals surface area contributed by atoms with Crippen LogP contribution in [0.4, 0.5) is 0 Å². The molecule has 2 aliphatic rings. The van der Waals surface area contributed by atoms with Gasteiger partial charge < -0.3 is 40.5 Å². The number of carbonyl (C=O) groups excluding carboxylic acids is 2. The van der Waals surface area contributed by atoms with Gasteiger partial charge in [-0.1, -0.05) is 6.08 Å². The molecule has 2 heterocycles. The first-order chi connectivity index (χ1) is 12.2. The quantitative estimate of drug-likeness (QED) is 0.297. The van der Waals surface area contributed by atoms with Crippen LogP contribution >= 0.6 is 0 Å². The molecule has 1 saturated heterocycles. The van der Waals surface area contributed by atoms with Gasteiger partial charge in [-0.3, -0.25) is 9.59 Å². The van der Waals surface area contributed by atoms with Crippen molar-refractivity contribution in [3.05, 3.63) is 24.0 Å². The molecule has 6 N–H and O–H groups in total. The normalized spacial score (nSPS) is 29.2. The largest absolute Gasteiger partial charge is 0.481 e. The van der Waals surface area contributed by atoms with Gasteiger partial charge >= 0.3 is 11.9 Å². The molecular weight excluding hydrogens is 352 g/mol. The summed E-state index contributed by atoms with van der Waals surface area (Å²) >= 11 is 0. The number of amides is 1. The third-order valence-corrected chi connectivity index (χ3v) is 3.90. The number of ether oxygens (including phenoxy) is 2. The highest BCUT2D eigenvalue weighted by atomic mass is 16.6. The Bertz CT molecular complexity index is 633. The van der Waals surface area contributed by atoms with Crippen molar-refractivity contribution in [3.8, 4) is 0 Å². The van der Waals surface area contributed by atoms with Crippen molar-refractivity contribution in [1.29, 1.82) is 0 Å². The molecule has 5 atom stereocenters. The van der Waals surface area contributed by atoms with E-state index in [1.165, 1.54) is 17.3 Å². The molecule has 0 aromatic carbocycles. The number of carboxylic acid groups (broad SMARTS) is 1. The van der Waals surface area contributed by atoms with Crippen LogP contribution in [0.2, 0.25) is 0 Å². The van der Waals surface area contributed by atoms with Gasteiger partial charge in [0.1, 0.15) is 24.9 Å². The van der Waals surface area contributed by atoms with Crippen molar-refractivity contribution >= 4 is 17.8 Å². The minimum atomic E-state index is -1.85. The summed E-state index contributed by atoms with van der Waals surface area (Å²) in [5.41, 5.74) is 5.50. The van der Waals surface area contributed by atoms with E-state index in [4.69, 9.17) is 20.3 Å². The molecule has 2 aliphatic heterocycles. The lowest BCUT2D eigenvalue weighted by Crippen LogP contribution is -2.40. The van der Waals surface area contributed by atoms with E-state index < -0.39 is 61.5 Å². The zero-order valence-corrected chi connectivity index (χ0v) is 13.6. The summed E-state index contributed by atoms with van der Waals surface area (Å²) in [6.07, 6.45) is -2.76. The summed E-state index contributed by atoms with van der Waals surface area (Å²) in [6.45, 7) is -0.506. The van der Waals surface area contributed by atoms with Crippen LogP contribution in [0, 0.1) is 0 Å². The van der Waals surface area contributed by atoms with Gasteiger partial charge in [0, 0.05) is 18.0 Å². The Kier molecular flexibility index (Phi) is 6.32. The lowest BCUT2D eigenvalue weighted by molar-refractivity contribution is -0.163. The average Bonchev–Trinajstić information content (AvgIpc) is 2.87. The molecule has 0 radical (unpaired) electrons. The third-order valence-electron chi connectivity index (χ3n) is 3.90. The van der Waals surface area contributed by atoms with E-state index in [1.807, 2.05) is 0 Å². The summed E-state index contributed by atoms with van der Waals surface area (Å²) < 4.78 is 10.2. The molecule has 0 aromatic rings. The lowest BCUT2D eigenvalue weighted by atomic mass is 10.1. The average molecular weight is 372 g/mol. The van der Waals surface area contributed by atoms with Crippen LogP contribution < -0.4 is 5.73 Å². The minimum absolute atomic E-state index is 0.282. The maximum Gasteiger partial charge on any atom is 0.335 e. The van der Waals surface area contributed by atoms with Gasteiger partial charge in [0.05, 0.1) is 6.42 Å². The molecule has 0 aliphatic carbocycles. The van der Waals surface area contributed by atoms with Gasteiger partial charge in [0.25, 0.3) is 0 Å². The van der Waals surface area contributed by atoms with Crippen LogP contribution in [0.5, 0.6) is 0 Å². The number of carbonyl (C=O) groups is 3. The summed E-state index contributed by atoms with van der Waals surface area (Å²) in [7, 11) is 0. The predicted molar refractivity (Wildman–Crippen MR) is 82.8 cm³/mol. The Balaban J connectivity index is 1.96. The first kappa shape index (κ1) is 19.8. The van der Waals surface area contributed by atoms with E-state index in [9.17, 15) is 29.7 Å². The Morgan fingerprint density at radius 1 is 1.35 bits per heavy atom. The van der Waals surface area contributed by atoms with E-state index in [-0.39, 0.29) is 5.57 Å². The van der Waals surface area contributed by atoms with Gasteiger partial charge in [-0.25, -0.2) is 4.79 Å². The fourth-order valence-corrected chi connectivity index (χ4v) is 2.52. The number of aliphatic hydroxyl groups is 3. The van der Waals surface area contributed by atoms with E-state index >= 15 is 0 Å². The standard InChI is InChI=1S/C15H20N2O9/c16-13(23)7-2-1-3-17(5-7)14-12(22)11(21)9(26-14)6-25-15(24)8(18)4-10(19)20/h1,3,5,8-9,11-12,14,18,21-22H,2,4,6H2,(H2,16,23)(H,19,20)/t8-,9+,11+,12+,14+/m0/s1. The Hall–Kier alpha value is -2.47. The van der Waals surface area contributed by atoms with Crippen LogP contribution in [0.3, 0.4) is 0 Å². The smallest absolute Gasteiger partial charge is 0.335 e. The molecule has 2 rings (SSSR count). The molecule has 0 aromatic heterocycles. The molecule has 1 amide bonds. The molecule has 144 valence electrons. The molecule has 0 unspecified atom stereocenters. The van der Waals surface area contributed by atoms with Crippen molar-refractivity contribution in [2.24, 2.45) is 5.73 Å². The highest BCUT2D eigenvalue weighted by molar-refractivity contribution is 5.92. The van der Waals surface area contributed by atoms with Crippen LogP contribution in [0.15, 0.2) is 24.0 Å². The van der Waals surface area contributed by atoms with Crippen LogP contribution in [0.25, 0.3) is 0 Å². The van der Waals surface area contributed by atoms with Crippen molar-refractivity contribution in [3.63, 3.8) is 0 Å². The summed E-state index contributed by atoms with van der Waals surface area (Å²) in [5, 5.41) is 38.0. The Morgan fingerprint density at radius 2 is 2.04 bits per heavy atom. The molecule has 1 fully saturated rings. The van der Waals surface area contributed by atoms with Gasteiger partial charge in [-0.05, 0) is 6.42 Å². The maximum atomic E-state index is 11.5. The topological polar surface area (TPSA) is 180 Å². The highest BCUT2D eigenvalue weighted by Crippen LogP contribution is 2.27. The van der Waals surface area contributed by atoms with Crippen LogP contribution in [-0.2, 0) is 23.9 Å². The minimum Gasteiger partial charge on any atom is -0.481 e. The number of primary amides is 1. The Morgan fingerprint density at radius 3 is 2.65 bits per heavy atom. The van der Waals surface area contributed by atoms with E-state index in [1.54, 1.807) is 6.08 Å². The molecular formula is C15H20N2O9. The summed E-state index contributed by atoms with van der Waals surface area (Å²) in [6, 6.07) is 0. The zero-order chi connectivity index (χ0) is 19.4. The van der Waals surface area contributed by atoms with E-state index in [2.05, 4.69) is 0 Å². The molecule has 0 saturated carbocycles. The van der Waals surface area contributed by atoms with Gasteiger partial charge in [0.15, 0.2) is 12.3 Å². The number of nitrogens with zero attached hydrogens (tertiary/aromatic N) is 1. The van der Waals surface area contributed by atoms with Crippen molar-refractivity contribution in [1.82, 2.24) is 4.90 Å². The van der Waals surface area contributed by atoms with E-state index in [0.29, 0.717) is 6.42 Å². The Labute approximate surface area is 147 Å². The predicted octanol–water partition coefficient (Wildman–Crippen LogP) is -2.60. The number of rotatable bonds is 7.